The molecule has 3 aliphatic heterocycles. The SMILES string of the molecule is NC(=O)C1CCN(C(=O)CN2CC[C@@]3(CCC2=O)CC(=O)c2cc(Cl)ccc2O3)CC1. The van der Waals surface area contributed by atoms with E-state index in [9.17, 15) is 19.2 Å². The Labute approximate surface area is 185 Å². The Balaban J connectivity index is 1.39. The maximum atomic E-state index is 12.7. The molecule has 4 rings (SSSR count). The molecule has 0 aromatic heterocycles. The first-order valence-electron chi connectivity index (χ1n) is 10.6. The molecule has 0 aliphatic carbocycles. The number of fused-ring (bicyclic) bond motifs is 1. The van der Waals surface area contributed by atoms with Gasteiger partial charge in [0, 0.05) is 43.4 Å². The third-order valence-corrected chi connectivity index (χ3v) is 6.85. The Morgan fingerprint density at radius 3 is 2.61 bits per heavy atom. The number of hydrogen-bond acceptors (Lipinski definition) is 5. The molecule has 1 atom stereocenters. The number of ether oxygens (including phenoxy) is 1. The van der Waals surface area contributed by atoms with Crippen LogP contribution in [0.4, 0.5) is 0 Å². The average Bonchev–Trinajstić information content (AvgIpc) is 2.89. The standard InChI is InChI=1S/C22H26ClN3O5/c23-15-1-2-18-16(11-15)17(27)12-22(31-18)6-3-19(28)26(10-7-22)13-20(29)25-8-4-14(5-9-25)21(24)30/h1-2,11,14H,3-10,12-13H2,(H2,24,30)/t22-/m0/s1. The van der Waals surface area contributed by atoms with Crippen LogP contribution in [0.2, 0.25) is 5.02 Å². The molecule has 0 saturated carbocycles. The van der Waals surface area contributed by atoms with E-state index in [1.54, 1.807) is 28.0 Å². The van der Waals surface area contributed by atoms with E-state index < -0.39 is 5.60 Å². The lowest BCUT2D eigenvalue weighted by molar-refractivity contribution is -0.141. The minimum absolute atomic E-state index is 0.00368. The summed E-state index contributed by atoms with van der Waals surface area (Å²) in [5.41, 5.74) is 5.08. The van der Waals surface area contributed by atoms with Crippen LogP contribution in [0.1, 0.15) is 48.9 Å². The zero-order valence-corrected chi connectivity index (χ0v) is 18.0. The van der Waals surface area contributed by atoms with Crippen molar-refractivity contribution in [3.63, 3.8) is 0 Å². The van der Waals surface area contributed by atoms with Crippen molar-refractivity contribution in [1.29, 1.82) is 0 Å². The molecule has 0 radical (unpaired) electrons. The van der Waals surface area contributed by atoms with Gasteiger partial charge < -0.3 is 20.3 Å². The molecule has 2 saturated heterocycles. The van der Waals surface area contributed by atoms with Crippen molar-refractivity contribution in [3.8, 4) is 5.75 Å². The molecule has 1 spiro atoms. The lowest BCUT2D eigenvalue weighted by Gasteiger charge is -2.37. The van der Waals surface area contributed by atoms with Gasteiger partial charge >= 0.3 is 0 Å². The fraction of sp³-hybridized carbons (Fsp3) is 0.545. The van der Waals surface area contributed by atoms with E-state index in [1.807, 2.05) is 0 Å². The normalized spacial score (nSPS) is 24.5. The lowest BCUT2D eigenvalue weighted by atomic mass is 9.84. The Kier molecular flexibility index (Phi) is 5.92. The number of carbonyl (C=O) groups is 4. The van der Waals surface area contributed by atoms with Crippen LogP contribution in [0.3, 0.4) is 0 Å². The third-order valence-electron chi connectivity index (χ3n) is 6.61. The molecule has 3 amide bonds. The summed E-state index contributed by atoms with van der Waals surface area (Å²) in [6, 6.07) is 4.99. The smallest absolute Gasteiger partial charge is 0.242 e. The second kappa shape index (κ2) is 8.49. The molecule has 9 heteroatoms. The van der Waals surface area contributed by atoms with Crippen molar-refractivity contribution >= 4 is 35.1 Å². The van der Waals surface area contributed by atoms with E-state index in [2.05, 4.69) is 0 Å². The highest BCUT2D eigenvalue weighted by molar-refractivity contribution is 6.31. The molecule has 0 unspecified atom stereocenters. The molecular formula is C22H26ClN3O5. The van der Waals surface area contributed by atoms with Crippen LogP contribution in [0, 0.1) is 5.92 Å². The van der Waals surface area contributed by atoms with Crippen molar-refractivity contribution in [1.82, 2.24) is 9.80 Å². The Bertz CT molecular complexity index is 928. The number of nitrogens with zero attached hydrogens (tertiary/aromatic N) is 2. The molecular weight excluding hydrogens is 422 g/mol. The fourth-order valence-corrected chi connectivity index (χ4v) is 4.84. The Morgan fingerprint density at radius 1 is 1.16 bits per heavy atom. The van der Waals surface area contributed by atoms with Gasteiger partial charge in [0.05, 0.1) is 18.5 Å². The summed E-state index contributed by atoms with van der Waals surface area (Å²) in [6.45, 7) is 1.28. The number of likely N-dealkylation sites (tertiary alicyclic amines) is 2. The van der Waals surface area contributed by atoms with Gasteiger partial charge in [-0.3, -0.25) is 19.2 Å². The lowest BCUT2D eigenvalue weighted by Crippen LogP contribution is -2.47. The number of ketones is 1. The zero-order chi connectivity index (χ0) is 22.2. The highest BCUT2D eigenvalue weighted by Crippen LogP contribution is 2.40. The highest BCUT2D eigenvalue weighted by Gasteiger charge is 2.43. The van der Waals surface area contributed by atoms with Crippen molar-refractivity contribution < 1.29 is 23.9 Å². The summed E-state index contributed by atoms with van der Waals surface area (Å²) >= 11 is 6.00. The van der Waals surface area contributed by atoms with Gasteiger partial charge in [-0.05, 0) is 37.5 Å². The second-order valence-electron chi connectivity index (χ2n) is 8.65. The molecule has 2 fully saturated rings. The average molecular weight is 448 g/mol. The molecule has 8 nitrogen and oxygen atoms in total. The first-order chi connectivity index (χ1) is 14.8. The van der Waals surface area contributed by atoms with Gasteiger partial charge in [0.1, 0.15) is 11.4 Å². The van der Waals surface area contributed by atoms with Gasteiger partial charge in [-0.1, -0.05) is 11.6 Å². The Hall–Kier alpha value is -2.61. The minimum Gasteiger partial charge on any atom is -0.486 e. The summed E-state index contributed by atoms with van der Waals surface area (Å²) in [4.78, 5) is 52.7. The minimum atomic E-state index is -0.745. The van der Waals surface area contributed by atoms with E-state index in [-0.39, 0.29) is 48.8 Å². The van der Waals surface area contributed by atoms with Crippen molar-refractivity contribution in [2.24, 2.45) is 11.7 Å². The first-order valence-corrected chi connectivity index (χ1v) is 11.0. The highest BCUT2D eigenvalue weighted by atomic mass is 35.5. The number of Topliss-reactive ketones (excluding diaryl/α,β-unsaturated/α-hetero) is 1. The monoisotopic (exact) mass is 447 g/mol. The molecule has 3 aliphatic rings. The zero-order valence-electron chi connectivity index (χ0n) is 17.3. The number of carbonyl (C=O) groups excluding carboxylic acids is 4. The number of piperidine rings is 1. The summed E-state index contributed by atoms with van der Waals surface area (Å²) in [6.07, 6.45) is 2.41. The topological polar surface area (TPSA) is 110 Å². The number of amides is 3. The van der Waals surface area contributed by atoms with Gasteiger partial charge in [-0.15, -0.1) is 0 Å². The number of primary amides is 1. The van der Waals surface area contributed by atoms with Crippen molar-refractivity contribution in [3.05, 3.63) is 28.8 Å². The summed E-state index contributed by atoms with van der Waals surface area (Å²) in [5.74, 6) is -0.315. The van der Waals surface area contributed by atoms with Gasteiger partial charge in [0.2, 0.25) is 17.7 Å². The van der Waals surface area contributed by atoms with E-state index in [4.69, 9.17) is 22.1 Å². The van der Waals surface area contributed by atoms with Crippen LogP contribution in [0.5, 0.6) is 5.75 Å². The van der Waals surface area contributed by atoms with E-state index in [0.29, 0.717) is 61.7 Å². The van der Waals surface area contributed by atoms with Crippen molar-refractivity contribution in [2.75, 3.05) is 26.2 Å². The van der Waals surface area contributed by atoms with Crippen LogP contribution in [0.15, 0.2) is 18.2 Å². The molecule has 3 heterocycles. The van der Waals surface area contributed by atoms with Gasteiger partial charge in [-0.25, -0.2) is 0 Å². The van der Waals surface area contributed by atoms with Crippen LogP contribution in [-0.2, 0) is 14.4 Å². The van der Waals surface area contributed by atoms with Gasteiger partial charge in [0.15, 0.2) is 5.78 Å². The third kappa shape index (κ3) is 4.54. The van der Waals surface area contributed by atoms with Gasteiger partial charge in [0.25, 0.3) is 0 Å². The number of halogens is 1. The molecule has 1 aromatic rings. The first kappa shape index (κ1) is 21.6. The number of rotatable bonds is 3. The summed E-state index contributed by atoms with van der Waals surface area (Å²) in [5, 5.41) is 0.479. The second-order valence-corrected chi connectivity index (χ2v) is 9.08. The predicted octanol–water partition coefficient (Wildman–Crippen LogP) is 1.78. The maximum Gasteiger partial charge on any atom is 0.242 e. The van der Waals surface area contributed by atoms with Gasteiger partial charge in [-0.2, -0.15) is 0 Å². The number of nitrogens with two attached hydrogens (primary N) is 1. The van der Waals surface area contributed by atoms with E-state index in [0.717, 1.165) is 0 Å². The predicted molar refractivity (Wildman–Crippen MR) is 113 cm³/mol. The maximum absolute atomic E-state index is 12.7. The molecule has 166 valence electrons. The molecule has 0 bridgehead atoms. The summed E-state index contributed by atoms with van der Waals surface area (Å²) in [7, 11) is 0. The molecule has 2 N–H and O–H groups in total. The van der Waals surface area contributed by atoms with Crippen LogP contribution >= 0.6 is 11.6 Å². The van der Waals surface area contributed by atoms with Crippen LogP contribution < -0.4 is 10.5 Å². The fourth-order valence-electron chi connectivity index (χ4n) is 4.67. The number of hydrogen-bond donors (Lipinski definition) is 1. The largest absolute Gasteiger partial charge is 0.486 e. The quantitative estimate of drug-likeness (QED) is 0.759. The Morgan fingerprint density at radius 2 is 1.90 bits per heavy atom. The van der Waals surface area contributed by atoms with E-state index >= 15 is 0 Å². The van der Waals surface area contributed by atoms with Crippen LogP contribution in [-0.4, -0.2) is 65.1 Å². The molecule has 31 heavy (non-hydrogen) atoms. The summed E-state index contributed by atoms with van der Waals surface area (Å²) < 4.78 is 6.22. The van der Waals surface area contributed by atoms with Crippen LogP contribution in [0.25, 0.3) is 0 Å². The molecule has 1 aromatic carbocycles. The van der Waals surface area contributed by atoms with Crippen molar-refractivity contribution in [2.45, 2.75) is 44.1 Å². The number of benzene rings is 1. The van der Waals surface area contributed by atoms with E-state index in [1.165, 1.54) is 0 Å².